The van der Waals surface area contributed by atoms with E-state index in [-0.39, 0.29) is 5.69 Å². The number of hydrogen-bond donors (Lipinski definition) is 3. The number of carbonyl (C=O) groups is 2. The molecule has 0 aliphatic rings. The standard InChI is InChI=1S/C18H19FN2O3S/c1-18(2,21-17(23)24)16(22)20-14-9-8-11(10-13(14)19)12-6-4-5-7-15(12)25-3/h4-10,21H,1-3H3,(H,20,22)(H,23,24). The van der Waals surface area contributed by atoms with Crippen LogP contribution in [0.3, 0.4) is 0 Å². The zero-order valence-electron chi connectivity index (χ0n) is 14.1. The number of rotatable bonds is 5. The number of carbonyl (C=O) groups excluding carboxylic acids is 1. The Bertz CT molecular complexity index is 809. The van der Waals surface area contributed by atoms with Crippen molar-refractivity contribution in [3.05, 3.63) is 48.3 Å². The minimum Gasteiger partial charge on any atom is -0.465 e. The Morgan fingerprint density at radius 2 is 1.84 bits per heavy atom. The van der Waals surface area contributed by atoms with E-state index in [9.17, 15) is 14.0 Å². The summed E-state index contributed by atoms with van der Waals surface area (Å²) in [4.78, 5) is 23.9. The molecule has 3 N–H and O–H groups in total. The zero-order valence-corrected chi connectivity index (χ0v) is 14.9. The SMILES string of the molecule is CSc1ccccc1-c1ccc(NC(=O)C(C)(C)NC(=O)O)c(F)c1. The maximum atomic E-state index is 14.4. The summed E-state index contributed by atoms with van der Waals surface area (Å²) in [6, 6.07) is 12.2. The number of carboxylic acid groups (broad SMARTS) is 1. The van der Waals surface area contributed by atoms with Crippen LogP contribution in [0.15, 0.2) is 47.4 Å². The second-order valence-electron chi connectivity index (χ2n) is 5.90. The fourth-order valence-electron chi connectivity index (χ4n) is 2.27. The summed E-state index contributed by atoms with van der Waals surface area (Å²) in [5, 5.41) is 13.3. The van der Waals surface area contributed by atoms with Crippen LogP contribution >= 0.6 is 11.8 Å². The Hall–Kier alpha value is -2.54. The van der Waals surface area contributed by atoms with Gasteiger partial charge in [-0.25, -0.2) is 9.18 Å². The van der Waals surface area contributed by atoms with Gasteiger partial charge in [-0.05, 0) is 49.4 Å². The van der Waals surface area contributed by atoms with Crippen LogP contribution in [0.25, 0.3) is 11.1 Å². The van der Waals surface area contributed by atoms with Gasteiger partial charge in [0.1, 0.15) is 11.4 Å². The number of amides is 2. The van der Waals surface area contributed by atoms with Crippen molar-refractivity contribution in [2.24, 2.45) is 0 Å². The van der Waals surface area contributed by atoms with Crippen molar-refractivity contribution in [2.75, 3.05) is 11.6 Å². The summed E-state index contributed by atoms with van der Waals surface area (Å²) in [7, 11) is 0. The largest absolute Gasteiger partial charge is 0.465 e. The normalized spacial score (nSPS) is 11.0. The van der Waals surface area contributed by atoms with Gasteiger partial charge in [0.25, 0.3) is 0 Å². The molecule has 0 fully saturated rings. The molecule has 2 aromatic carbocycles. The molecule has 2 aromatic rings. The van der Waals surface area contributed by atoms with E-state index in [0.717, 1.165) is 10.5 Å². The predicted octanol–water partition coefficient (Wildman–Crippen LogP) is 4.20. The molecule has 0 heterocycles. The molecule has 0 spiro atoms. The Morgan fingerprint density at radius 3 is 2.44 bits per heavy atom. The Kier molecular flexibility index (Phi) is 5.69. The van der Waals surface area contributed by atoms with Crippen molar-refractivity contribution in [3.63, 3.8) is 0 Å². The highest BCUT2D eigenvalue weighted by Gasteiger charge is 2.30. The second-order valence-corrected chi connectivity index (χ2v) is 6.75. The van der Waals surface area contributed by atoms with Crippen molar-refractivity contribution >= 4 is 29.4 Å². The van der Waals surface area contributed by atoms with Crippen molar-refractivity contribution < 1.29 is 19.1 Å². The highest BCUT2D eigenvalue weighted by Crippen LogP contribution is 2.31. The lowest BCUT2D eigenvalue weighted by molar-refractivity contribution is -0.121. The highest BCUT2D eigenvalue weighted by atomic mass is 32.2. The van der Waals surface area contributed by atoms with Crippen LogP contribution in [0.4, 0.5) is 14.9 Å². The molecule has 0 saturated heterocycles. The van der Waals surface area contributed by atoms with Gasteiger partial charge in [0.2, 0.25) is 5.91 Å². The first kappa shape index (κ1) is 18.8. The molecule has 132 valence electrons. The summed E-state index contributed by atoms with van der Waals surface area (Å²) in [6.45, 7) is 2.80. The molecule has 0 unspecified atom stereocenters. The van der Waals surface area contributed by atoms with Crippen LogP contribution in [0.1, 0.15) is 13.8 Å². The number of anilines is 1. The van der Waals surface area contributed by atoms with Crippen LogP contribution in [0.2, 0.25) is 0 Å². The monoisotopic (exact) mass is 362 g/mol. The van der Waals surface area contributed by atoms with Gasteiger partial charge in [-0.15, -0.1) is 11.8 Å². The zero-order chi connectivity index (χ0) is 18.6. The molecule has 0 saturated carbocycles. The van der Waals surface area contributed by atoms with Gasteiger partial charge >= 0.3 is 6.09 Å². The topological polar surface area (TPSA) is 78.4 Å². The molecule has 0 aliphatic heterocycles. The molecule has 0 aromatic heterocycles. The van der Waals surface area contributed by atoms with Crippen LogP contribution in [0.5, 0.6) is 0 Å². The lowest BCUT2D eigenvalue weighted by Crippen LogP contribution is -2.52. The first-order valence-electron chi connectivity index (χ1n) is 7.50. The van der Waals surface area contributed by atoms with E-state index in [1.165, 1.54) is 26.0 Å². The Labute approximate surface area is 149 Å². The predicted molar refractivity (Wildman–Crippen MR) is 97.5 cm³/mol. The summed E-state index contributed by atoms with van der Waals surface area (Å²) in [6.07, 6.45) is 0.617. The smallest absolute Gasteiger partial charge is 0.405 e. The van der Waals surface area contributed by atoms with Gasteiger partial charge in [-0.2, -0.15) is 0 Å². The van der Waals surface area contributed by atoms with Gasteiger partial charge in [0.05, 0.1) is 5.69 Å². The van der Waals surface area contributed by atoms with E-state index in [1.54, 1.807) is 17.8 Å². The minimum atomic E-state index is -1.39. The van der Waals surface area contributed by atoms with Crippen molar-refractivity contribution in [1.82, 2.24) is 5.32 Å². The summed E-state index contributed by atoms with van der Waals surface area (Å²) >= 11 is 1.56. The maximum Gasteiger partial charge on any atom is 0.405 e. The van der Waals surface area contributed by atoms with Crippen LogP contribution < -0.4 is 10.6 Å². The molecular weight excluding hydrogens is 343 g/mol. The van der Waals surface area contributed by atoms with Crippen LogP contribution in [-0.2, 0) is 4.79 Å². The number of halogens is 1. The number of benzene rings is 2. The first-order chi connectivity index (χ1) is 11.7. The lowest BCUT2D eigenvalue weighted by atomic mass is 10.0. The quantitative estimate of drug-likeness (QED) is 0.697. The minimum absolute atomic E-state index is 0.00403. The van der Waals surface area contributed by atoms with Crippen molar-refractivity contribution in [3.8, 4) is 11.1 Å². The van der Waals surface area contributed by atoms with Gasteiger partial charge in [-0.3, -0.25) is 4.79 Å². The Morgan fingerprint density at radius 1 is 1.16 bits per heavy atom. The van der Waals surface area contributed by atoms with Gasteiger partial charge < -0.3 is 15.7 Å². The second kappa shape index (κ2) is 7.57. The average Bonchev–Trinajstić information content (AvgIpc) is 2.55. The molecule has 2 amide bonds. The molecular formula is C18H19FN2O3S. The van der Waals surface area contributed by atoms with E-state index in [4.69, 9.17) is 5.11 Å². The number of hydrogen-bond acceptors (Lipinski definition) is 3. The third-order valence-electron chi connectivity index (χ3n) is 3.62. The molecule has 0 aliphatic carbocycles. The van der Waals surface area contributed by atoms with Gasteiger partial charge in [0, 0.05) is 4.90 Å². The van der Waals surface area contributed by atoms with Gasteiger partial charge in [-0.1, -0.05) is 24.3 Å². The van der Waals surface area contributed by atoms with E-state index >= 15 is 0 Å². The molecule has 25 heavy (non-hydrogen) atoms. The highest BCUT2D eigenvalue weighted by molar-refractivity contribution is 7.98. The average molecular weight is 362 g/mol. The fourth-order valence-corrected chi connectivity index (χ4v) is 2.89. The molecule has 7 heteroatoms. The van der Waals surface area contributed by atoms with Gasteiger partial charge in [0.15, 0.2) is 0 Å². The van der Waals surface area contributed by atoms with E-state index in [2.05, 4.69) is 10.6 Å². The van der Waals surface area contributed by atoms with E-state index in [1.807, 2.05) is 30.5 Å². The molecule has 5 nitrogen and oxygen atoms in total. The first-order valence-corrected chi connectivity index (χ1v) is 8.72. The fraction of sp³-hybridized carbons (Fsp3) is 0.222. The van der Waals surface area contributed by atoms with Crippen molar-refractivity contribution in [1.29, 1.82) is 0 Å². The lowest BCUT2D eigenvalue weighted by Gasteiger charge is -2.23. The number of thioether (sulfide) groups is 1. The summed E-state index contributed by atoms with van der Waals surface area (Å²) in [5.74, 6) is -1.24. The van der Waals surface area contributed by atoms with Crippen LogP contribution in [-0.4, -0.2) is 28.9 Å². The summed E-state index contributed by atoms with van der Waals surface area (Å²) < 4.78 is 14.4. The molecule has 0 radical (unpaired) electrons. The molecule has 0 atom stereocenters. The van der Waals surface area contributed by atoms with Crippen molar-refractivity contribution in [2.45, 2.75) is 24.3 Å². The number of nitrogens with one attached hydrogen (secondary N) is 2. The van der Waals surface area contributed by atoms with Crippen LogP contribution in [0, 0.1) is 5.82 Å². The summed E-state index contributed by atoms with van der Waals surface area (Å²) in [5.41, 5.74) is 0.209. The molecule has 0 bridgehead atoms. The third-order valence-corrected chi connectivity index (χ3v) is 4.42. The molecule has 2 rings (SSSR count). The van der Waals surface area contributed by atoms with E-state index < -0.39 is 23.4 Å². The Balaban J connectivity index is 2.25. The van der Waals surface area contributed by atoms with E-state index in [0.29, 0.717) is 5.56 Å². The third kappa shape index (κ3) is 4.51. The maximum absolute atomic E-state index is 14.4.